The summed E-state index contributed by atoms with van der Waals surface area (Å²) in [5.41, 5.74) is 1.02. The predicted octanol–water partition coefficient (Wildman–Crippen LogP) is 1.95. The van der Waals surface area contributed by atoms with Crippen molar-refractivity contribution in [3.8, 4) is 5.75 Å². The van der Waals surface area contributed by atoms with E-state index in [0.717, 1.165) is 43.6 Å². The molecule has 0 aromatic heterocycles. The molecule has 2 bridgehead atoms. The van der Waals surface area contributed by atoms with Crippen LogP contribution in [0.1, 0.15) is 31.2 Å². The minimum atomic E-state index is -3.40. The summed E-state index contributed by atoms with van der Waals surface area (Å²) in [6.45, 7) is 1.93. The fourth-order valence-electron chi connectivity index (χ4n) is 3.78. The molecule has 3 aliphatic heterocycles. The first-order valence-corrected chi connectivity index (χ1v) is 9.59. The van der Waals surface area contributed by atoms with Gasteiger partial charge in [-0.05, 0) is 55.9 Å². The monoisotopic (exact) mass is 358 g/mol. The van der Waals surface area contributed by atoms with Crippen molar-refractivity contribution in [3.63, 3.8) is 0 Å². The zero-order valence-electron chi connectivity index (χ0n) is 13.0. The Morgan fingerprint density at radius 1 is 1.17 bits per heavy atom. The van der Waals surface area contributed by atoms with Crippen LogP contribution in [0.5, 0.6) is 5.75 Å². The maximum Gasteiger partial charge on any atom is 0.243 e. The summed E-state index contributed by atoms with van der Waals surface area (Å²) in [7, 11) is -3.40. The first-order valence-electron chi connectivity index (χ1n) is 8.15. The molecule has 5 nitrogen and oxygen atoms in total. The van der Waals surface area contributed by atoms with Crippen LogP contribution in [-0.4, -0.2) is 44.5 Å². The van der Waals surface area contributed by atoms with Crippen LogP contribution in [0.15, 0.2) is 23.1 Å². The van der Waals surface area contributed by atoms with Gasteiger partial charge < -0.3 is 10.1 Å². The Morgan fingerprint density at radius 2 is 2.00 bits per heavy atom. The lowest BCUT2D eigenvalue weighted by molar-refractivity contribution is 0.288. The first kappa shape index (κ1) is 17.0. The summed E-state index contributed by atoms with van der Waals surface area (Å²) in [5, 5.41) is 3.53. The molecule has 0 spiro atoms. The highest BCUT2D eigenvalue weighted by Crippen LogP contribution is 2.30. The fourth-order valence-corrected chi connectivity index (χ4v) is 5.33. The van der Waals surface area contributed by atoms with Crippen molar-refractivity contribution in [2.75, 3.05) is 19.7 Å². The van der Waals surface area contributed by atoms with E-state index in [9.17, 15) is 8.42 Å². The van der Waals surface area contributed by atoms with Crippen LogP contribution in [0.4, 0.5) is 0 Å². The van der Waals surface area contributed by atoms with Gasteiger partial charge in [0, 0.05) is 25.2 Å². The lowest BCUT2D eigenvalue weighted by Gasteiger charge is -2.25. The minimum Gasteiger partial charge on any atom is -0.493 e. The molecule has 23 heavy (non-hydrogen) atoms. The molecule has 0 amide bonds. The summed E-state index contributed by atoms with van der Waals surface area (Å²) >= 11 is 0. The van der Waals surface area contributed by atoms with Gasteiger partial charge in [0.05, 0.1) is 11.5 Å². The zero-order valence-corrected chi connectivity index (χ0v) is 14.7. The Balaban J connectivity index is 0.00000156. The van der Waals surface area contributed by atoms with Crippen molar-refractivity contribution in [1.82, 2.24) is 9.62 Å². The molecule has 0 aliphatic carbocycles. The van der Waals surface area contributed by atoms with E-state index in [4.69, 9.17) is 4.74 Å². The molecule has 2 unspecified atom stereocenters. The number of ether oxygens (including phenoxy) is 1. The third-order valence-corrected chi connectivity index (χ3v) is 6.86. The second-order valence-electron chi connectivity index (χ2n) is 6.51. The van der Waals surface area contributed by atoms with E-state index in [0.29, 0.717) is 30.1 Å². The molecule has 4 rings (SSSR count). The van der Waals surface area contributed by atoms with E-state index in [1.165, 1.54) is 6.42 Å². The van der Waals surface area contributed by atoms with E-state index in [1.54, 1.807) is 16.4 Å². The number of sulfonamides is 1. The number of hydrogen-bond donors (Lipinski definition) is 1. The highest BCUT2D eigenvalue weighted by Gasteiger charge is 2.35. The number of benzene rings is 1. The van der Waals surface area contributed by atoms with Crippen LogP contribution in [0.2, 0.25) is 0 Å². The van der Waals surface area contributed by atoms with Crippen LogP contribution in [0.25, 0.3) is 0 Å². The summed E-state index contributed by atoms with van der Waals surface area (Å²) in [5.74, 6) is 0.835. The maximum atomic E-state index is 13.0. The van der Waals surface area contributed by atoms with Gasteiger partial charge >= 0.3 is 0 Å². The largest absolute Gasteiger partial charge is 0.493 e. The molecular formula is C16H23ClN2O3S. The molecule has 2 saturated heterocycles. The van der Waals surface area contributed by atoms with E-state index in [-0.39, 0.29) is 12.4 Å². The topological polar surface area (TPSA) is 58.6 Å². The molecule has 128 valence electrons. The van der Waals surface area contributed by atoms with Gasteiger partial charge in [-0.2, -0.15) is 4.31 Å². The lowest BCUT2D eigenvalue weighted by atomic mass is 10.1. The van der Waals surface area contributed by atoms with Crippen LogP contribution in [-0.2, 0) is 16.4 Å². The van der Waals surface area contributed by atoms with Gasteiger partial charge in [0.25, 0.3) is 0 Å². The Hall–Kier alpha value is -0.820. The Bertz CT molecular complexity index is 680. The van der Waals surface area contributed by atoms with E-state index < -0.39 is 10.0 Å². The van der Waals surface area contributed by atoms with Gasteiger partial charge in [-0.1, -0.05) is 0 Å². The van der Waals surface area contributed by atoms with E-state index >= 15 is 0 Å². The van der Waals surface area contributed by atoms with Gasteiger partial charge in [-0.3, -0.25) is 0 Å². The minimum absolute atomic E-state index is 0. The third kappa shape index (κ3) is 3.22. The SMILES string of the molecule is Cl.O=S(=O)(c1ccc2c(c1)CCCO2)N1CCC2CCC(C1)N2. The van der Waals surface area contributed by atoms with Crippen molar-refractivity contribution in [2.45, 2.75) is 49.1 Å². The quantitative estimate of drug-likeness (QED) is 0.877. The normalized spacial score (nSPS) is 27.5. The number of halogens is 1. The number of hydrogen-bond acceptors (Lipinski definition) is 4. The van der Waals surface area contributed by atoms with Gasteiger partial charge in [-0.15, -0.1) is 12.4 Å². The van der Waals surface area contributed by atoms with Crippen molar-refractivity contribution >= 4 is 22.4 Å². The number of rotatable bonds is 2. The molecule has 1 N–H and O–H groups in total. The van der Waals surface area contributed by atoms with Crippen LogP contribution >= 0.6 is 12.4 Å². The molecule has 0 saturated carbocycles. The molecular weight excluding hydrogens is 336 g/mol. The summed E-state index contributed by atoms with van der Waals surface area (Å²) in [4.78, 5) is 0.412. The van der Waals surface area contributed by atoms with E-state index in [2.05, 4.69) is 5.32 Å². The molecule has 3 heterocycles. The molecule has 1 aromatic rings. The third-order valence-electron chi connectivity index (χ3n) is 5.00. The lowest BCUT2D eigenvalue weighted by Crippen LogP contribution is -2.39. The number of fused-ring (bicyclic) bond motifs is 3. The Kier molecular flexibility index (Phi) is 4.88. The molecule has 7 heteroatoms. The molecule has 0 radical (unpaired) electrons. The maximum absolute atomic E-state index is 13.0. The van der Waals surface area contributed by atoms with Crippen molar-refractivity contribution in [2.24, 2.45) is 0 Å². The standard InChI is InChI=1S/C16H22N2O3S.ClH/c19-22(20,18-8-7-13-3-4-14(11-18)17-13)15-5-6-16-12(10-15)2-1-9-21-16;/h5-6,10,13-14,17H,1-4,7-9,11H2;1H. The van der Waals surface area contributed by atoms with Gasteiger partial charge in [0.2, 0.25) is 10.0 Å². The number of aryl methyl sites for hydroxylation is 1. The van der Waals surface area contributed by atoms with Crippen molar-refractivity contribution < 1.29 is 13.2 Å². The van der Waals surface area contributed by atoms with Crippen LogP contribution in [0, 0.1) is 0 Å². The Morgan fingerprint density at radius 3 is 2.87 bits per heavy atom. The van der Waals surface area contributed by atoms with Crippen molar-refractivity contribution in [1.29, 1.82) is 0 Å². The van der Waals surface area contributed by atoms with Gasteiger partial charge in [-0.25, -0.2) is 8.42 Å². The number of nitrogens with one attached hydrogen (secondary N) is 1. The van der Waals surface area contributed by atoms with Gasteiger partial charge in [0.1, 0.15) is 5.75 Å². The summed E-state index contributed by atoms with van der Waals surface area (Å²) in [6.07, 6.45) is 5.01. The van der Waals surface area contributed by atoms with Gasteiger partial charge in [0.15, 0.2) is 0 Å². The number of nitrogens with zero attached hydrogens (tertiary/aromatic N) is 1. The first-order chi connectivity index (χ1) is 10.6. The Labute approximate surface area is 143 Å². The molecule has 2 fully saturated rings. The average molecular weight is 359 g/mol. The zero-order chi connectivity index (χ0) is 15.2. The summed E-state index contributed by atoms with van der Waals surface area (Å²) in [6, 6.07) is 6.10. The second kappa shape index (κ2) is 6.59. The van der Waals surface area contributed by atoms with Crippen molar-refractivity contribution in [3.05, 3.63) is 23.8 Å². The summed E-state index contributed by atoms with van der Waals surface area (Å²) < 4.78 is 33.2. The highest BCUT2D eigenvalue weighted by atomic mass is 35.5. The molecule has 1 aromatic carbocycles. The van der Waals surface area contributed by atoms with Crippen LogP contribution < -0.4 is 10.1 Å². The smallest absolute Gasteiger partial charge is 0.243 e. The van der Waals surface area contributed by atoms with Crippen LogP contribution in [0.3, 0.4) is 0 Å². The second-order valence-corrected chi connectivity index (χ2v) is 8.45. The molecule has 2 atom stereocenters. The fraction of sp³-hybridized carbons (Fsp3) is 0.625. The predicted molar refractivity (Wildman–Crippen MR) is 90.8 cm³/mol. The average Bonchev–Trinajstić information content (AvgIpc) is 2.85. The molecule has 3 aliphatic rings. The highest BCUT2D eigenvalue weighted by molar-refractivity contribution is 7.89. The van der Waals surface area contributed by atoms with E-state index in [1.807, 2.05) is 6.07 Å².